The van der Waals surface area contributed by atoms with Crippen molar-refractivity contribution in [3.63, 3.8) is 0 Å². The van der Waals surface area contributed by atoms with Gasteiger partial charge >= 0.3 is 0 Å². The van der Waals surface area contributed by atoms with E-state index in [1.54, 1.807) is 28.0 Å². The summed E-state index contributed by atoms with van der Waals surface area (Å²) in [6.45, 7) is 7.70. The van der Waals surface area contributed by atoms with Crippen LogP contribution in [-0.2, 0) is 19.1 Å². The van der Waals surface area contributed by atoms with Crippen LogP contribution in [-0.4, -0.2) is 59.1 Å². The third kappa shape index (κ3) is 5.51. The molecule has 37 heavy (non-hydrogen) atoms. The highest BCUT2D eigenvalue weighted by Gasteiger charge is 2.25. The lowest BCUT2D eigenvalue weighted by Gasteiger charge is -2.19. The summed E-state index contributed by atoms with van der Waals surface area (Å²) in [5.74, 6) is 0.285. The highest BCUT2D eigenvalue weighted by Crippen LogP contribution is 2.30. The number of benzene rings is 1. The van der Waals surface area contributed by atoms with Crippen molar-refractivity contribution >= 4 is 17.5 Å². The van der Waals surface area contributed by atoms with Gasteiger partial charge in [-0.1, -0.05) is 17.3 Å². The van der Waals surface area contributed by atoms with Crippen LogP contribution in [0.25, 0.3) is 11.3 Å². The lowest BCUT2D eigenvalue weighted by molar-refractivity contribution is 0.0928. The van der Waals surface area contributed by atoms with Crippen LogP contribution in [0.5, 0.6) is 0 Å². The summed E-state index contributed by atoms with van der Waals surface area (Å²) >= 11 is 0. The van der Waals surface area contributed by atoms with E-state index in [1.165, 1.54) is 0 Å². The van der Waals surface area contributed by atoms with Crippen molar-refractivity contribution in [1.29, 1.82) is 0 Å². The van der Waals surface area contributed by atoms with Crippen LogP contribution < -0.4 is 10.6 Å². The molecule has 11 heteroatoms. The van der Waals surface area contributed by atoms with Crippen LogP contribution >= 0.6 is 0 Å². The second-order valence-electron chi connectivity index (χ2n) is 10.5. The Bertz CT molecular complexity index is 1420. The van der Waals surface area contributed by atoms with Gasteiger partial charge in [-0.3, -0.25) is 9.48 Å². The summed E-state index contributed by atoms with van der Waals surface area (Å²) in [4.78, 5) is 24.4. The largest absolute Gasteiger partial charge is 0.344 e. The average Bonchev–Trinajstić information content (AvgIpc) is 3.48. The topological polar surface area (TPSA) is 119 Å². The SMILES string of the molecule is CN1CC[C@@H](NC(=O)c2cn(C(C)(C)C)nn2)c2ccc(-c3ccnc(Nc4cnn(C)c4)n3)cc2C1. The van der Waals surface area contributed by atoms with Gasteiger partial charge in [0.05, 0.1) is 35.4 Å². The fourth-order valence-corrected chi connectivity index (χ4v) is 4.39. The number of amides is 1. The Morgan fingerprint density at radius 1 is 1.14 bits per heavy atom. The van der Waals surface area contributed by atoms with Crippen LogP contribution in [0.3, 0.4) is 0 Å². The number of nitrogens with zero attached hydrogens (tertiary/aromatic N) is 8. The number of aromatic nitrogens is 7. The van der Waals surface area contributed by atoms with Gasteiger partial charge < -0.3 is 15.5 Å². The molecule has 0 spiro atoms. The summed E-state index contributed by atoms with van der Waals surface area (Å²) in [6.07, 6.45) is 7.84. The molecular weight excluding hydrogens is 468 g/mol. The monoisotopic (exact) mass is 500 g/mol. The molecule has 1 aromatic carbocycles. The highest BCUT2D eigenvalue weighted by atomic mass is 16.2. The Labute approximate surface area is 215 Å². The van der Waals surface area contributed by atoms with Crippen molar-refractivity contribution in [3.8, 4) is 11.3 Å². The van der Waals surface area contributed by atoms with Gasteiger partial charge in [0.15, 0.2) is 5.69 Å². The molecule has 4 heterocycles. The minimum Gasteiger partial charge on any atom is -0.344 e. The van der Waals surface area contributed by atoms with E-state index >= 15 is 0 Å². The van der Waals surface area contributed by atoms with E-state index in [0.717, 1.165) is 47.6 Å². The predicted octanol–water partition coefficient (Wildman–Crippen LogP) is 3.27. The molecule has 0 bridgehead atoms. The average molecular weight is 501 g/mol. The first-order valence-corrected chi connectivity index (χ1v) is 12.3. The molecule has 1 amide bonds. The summed E-state index contributed by atoms with van der Waals surface area (Å²) in [7, 11) is 3.95. The van der Waals surface area contributed by atoms with E-state index in [0.29, 0.717) is 11.6 Å². The second-order valence-corrected chi connectivity index (χ2v) is 10.5. The van der Waals surface area contributed by atoms with Crippen LogP contribution in [0.1, 0.15) is 54.8 Å². The Hall–Kier alpha value is -4.12. The quantitative estimate of drug-likeness (QED) is 0.429. The number of anilines is 2. The smallest absolute Gasteiger partial charge is 0.273 e. The zero-order chi connectivity index (χ0) is 26.2. The molecule has 4 aromatic rings. The fourth-order valence-electron chi connectivity index (χ4n) is 4.39. The summed E-state index contributed by atoms with van der Waals surface area (Å²) in [5, 5.41) is 18.8. The molecule has 0 unspecified atom stereocenters. The van der Waals surface area contributed by atoms with Gasteiger partial charge in [-0.2, -0.15) is 5.10 Å². The third-order valence-corrected chi connectivity index (χ3v) is 6.39. The van der Waals surface area contributed by atoms with Crippen LogP contribution in [0, 0.1) is 0 Å². The molecule has 0 radical (unpaired) electrons. The number of aryl methyl sites for hydroxylation is 1. The van der Waals surface area contributed by atoms with Crippen LogP contribution in [0.15, 0.2) is 49.1 Å². The van der Waals surface area contributed by atoms with Gasteiger partial charge in [-0.05, 0) is 57.5 Å². The molecule has 192 valence electrons. The van der Waals surface area contributed by atoms with Crippen molar-refractivity contribution in [1.82, 2.24) is 45.0 Å². The van der Waals surface area contributed by atoms with Crippen molar-refractivity contribution in [2.45, 2.75) is 45.3 Å². The number of rotatable bonds is 5. The maximum absolute atomic E-state index is 13.1. The number of carbonyl (C=O) groups excluding carboxylic acids is 1. The molecule has 1 atom stereocenters. The Kier molecular flexibility index (Phi) is 6.46. The standard InChI is InChI=1S/C26H32N10O/c1-26(2,3)36-16-23(32-33-36)24(37)30-22-9-11-34(4)14-18-12-17(6-7-20(18)22)21-8-10-27-25(31-21)29-19-13-28-35(5)15-19/h6-8,10,12-13,15-16,22H,9,11,14H2,1-5H3,(H,30,37)(H,27,29,31)/t22-/m1/s1. The molecule has 0 fully saturated rings. The highest BCUT2D eigenvalue weighted by molar-refractivity contribution is 5.92. The summed E-state index contributed by atoms with van der Waals surface area (Å²) < 4.78 is 3.43. The molecule has 0 saturated heterocycles. The van der Waals surface area contributed by atoms with Gasteiger partial charge in [0.1, 0.15) is 0 Å². The van der Waals surface area contributed by atoms with Crippen LogP contribution in [0.4, 0.5) is 11.6 Å². The molecule has 11 nitrogen and oxygen atoms in total. The van der Waals surface area contributed by atoms with E-state index in [4.69, 9.17) is 4.98 Å². The lowest BCUT2D eigenvalue weighted by atomic mass is 9.96. The van der Waals surface area contributed by atoms with E-state index in [2.05, 4.69) is 61.2 Å². The van der Waals surface area contributed by atoms with Crippen molar-refractivity contribution in [2.75, 3.05) is 18.9 Å². The first-order valence-electron chi connectivity index (χ1n) is 12.3. The molecule has 3 aromatic heterocycles. The maximum Gasteiger partial charge on any atom is 0.273 e. The van der Waals surface area contributed by atoms with E-state index in [1.807, 2.05) is 40.1 Å². The Morgan fingerprint density at radius 3 is 2.70 bits per heavy atom. The van der Waals surface area contributed by atoms with Gasteiger partial charge in [-0.15, -0.1) is 5.10 Å². The number of carbonyl (C=O) groups is 1. The number of hydrogen-bond donors (Lipinski definition) is 2. The number of fused-ring (bicyclic) bond motifs is 1. The Morgan fingerprint density at radius 2 is 1.97 bits per heavy atom. The molecular formula is C26H32N10O. The molecule has 0 aliphatic carbocycles. The van der Waals surface area contributed by atoms with Crippen molar-refractivity contribution in [2.24, 2.45) is 7.05 Å². The van der Waals surface area contributed by atoms with Crippen molar-refractivity contribution in [3.05, 3.63) is 65.9 Å². The van der Waals surface area contributed by atoms with E-state index in [-0.39, 0.29) is 17.5 Å². The van der Waals surface area contributed by atoms with Crippen LogP contribution in [0.2, 0.25) is 0 Å². The minimum absolute atomic E-state index is 0.130. The summed E-state index contributed by atoms with van der Waals surface area (Å²) in [5.41, 5.74) is 4.96. The normalized spacial score (nSPS) is 16.2. The first-order chi connectivity index (χ1) is 17.7. The van der Waals surface area contributed by atoms with Gasteiger partial charge in [-0.25, -0.2) is 14.6 Å². The summed E-state index contributed by atoms with van der Waals surface area (Å²) in [6, 6.07) is 8.07. The Balaban J connectivity index is 1.39. The minimum atomic E-state index is -0.242. The van der Waals surface area contributed by atoms with Crippen molar-refractivity contribution < 1.29 is 4.79 Å². The van der Waals surface area contributed by atoms with E-state index < -0.39 is 0 Å². The molecule has 0 saturated carbocycles. The molecule has 5 rings (SSSR count). The fraction of sp³-hybridized carbons (Fsp3) is 0.385. The lowest BCUT2D eigenvalue weighted by Crippen LogP contribution is -2.30. The maximum atomic E-state index is 13.1. The second kappa shape index (κ2) is 9.74. The first kappa shape index (κ1) is 24.6. The molecule has 2 N–H and O–H groups in total. The zero-order valence-corrected chi connectivity index (χ0v) is 21.8. The number of nitrogens with one attached hydrogen (secondary N) is 2. The van der Waals surface area contributed by atoms with Gasteiger partial charge in [0, 0.05) is 38.1 Å². The number of hydrogen-bond acceptors (Lipinski definition) is 8. The van der Waals surface area contributed by atoms with Gasteiger partial charge in [0.25, 0.3) is 5.91 Å². The predicted molar refractivity (Wildman–Crippen MR) is 140 cm³/mol. The third-order valence-electron chi connectivity index (χ3n) is 6.39. The molecule has 1 aliphatic rings. The zero-order valence-electron chi connectivity index (χ0n) is 21.8. The van der Waals surface area contributed by atoms with Gasteiger partial charge in [0.2, 0.25) is 5.95 Å². The molecule has 1 aliphatic heterocycles. The van der Waals surface area contributed by atoms with E-state index in [9.17, 15) is 4.79 Å².